The third-order valence-corrected chi connectivity index (χ3v) is 5.61. The molecule has 0 bridgehead atoms. The molecular formula is C18H22N2O3S. The van der Waals surface area contributed by atoms with Crippen LogP contribution in [0.1, 0.15) is 11.1 Å². The maximum atomic E-state index is 12.9. The van der Waals surface area contributed by atoms with Crippen LogP contribution in [-0.2, 0) is 21.2 Å². The Morgan fingerprint density at radius 2 is 1.67 bits per heavy atom. The zero-order chi connectivity index (χ0) is 17.6. The molecule has 2 aromatic carbocycles. The summed E-state index contributed by atoms with van der Waals surface area (Å²) in [6.07, 6.45) is 0.545. The van der Waals surface area contributed by atoms with Gasteiger partial charge >= 0.3 is 0 Å². The number of aryl methyl sites for hydroxylation is 1. The molecule has 0 spiro atoms. The highest BCUT2D eigenvalue weighted by atomic mass is 32.2. The highest BCUT2D eigenvalue weighted by Gasteiger charge is 2.26. The number of rotatable bonds is 7. The standard InChI is InChI=1S/C18H22N2O3S/c1-15-8-10-17(11-9-15)24(22,23)20(14-18(21)19-2)13-12-16-6-4-3-5-7-16/h3-11H,12-14H2,1-2H3,(H,19,21). The molecule has 6 heteroatoms. The van der Waals surface area contributed by atoms with Gasteiger partial charge in [0.25, 0.3) is 0 Å². The van der Waals surface area contributed by atoms with Crippen LogP contribution in [0.25, 0.3) is 0 Å². The third kappa shape index (κ3) is 4.66. The molecule has 1 N–H and O–H groups in total. The molecule has 0 heterocycles. The maximum Gasteiger partial charge on any atom is 0.243 e. The summed E-state index contributed by atoms with van der Waals surface area (Å²) < 4.78 is 27.0. The minimum Gasteiger partial charge on any atom is -0.358 e. The Kier molecular flexibility index (Phi) is 6.11. The van der Waals surface area contributed by atoms with Crippen molar-refractivity contribution in [3.05, 3.63) is 65.7 Å². The van der Waals surface area contributed by atoms with Crippen LogP contribution in [0.2, 0.25) is 0 Å². The van der Waals surface area contributed by atoms with E-state index in [9.17, 15) is 13.2 Å². The Labute approximate surface area is 143 Å². The fourth-order valence-electron chi connectivity index (χ4n) is 2.28. The van der Waals surface area contributed by atoms with Gasteiger partial charge in [-0.25, -0.2) is 8.42 Å². The summed E-state index contributed by atoms with van der Waals surface area (Å²) >= 11 is 0. The highest BCUT2D eigenvalue weighted by molar-refractivity contribution is 7.89. The molecule has 128 valence electrons. The van der Waals surface area contributed by atoms with Gasteiger partial charge in [-0.15, -0.1) is 0 Å². The molecule has 0 aliphatic rings. The molecular weight excluding hydrogens is 324 g/mol. The maximum absolute atomic E-state index is 12.9. The highest BCUT2D eigenvalue weighted by Crippen LogP contribution is 2.17. The van der Waals surface area contributed by atoms with Crippen LogP contribution in [0.3, 0.4) is 0 Å². The van der Waals surface area contributed by atoms with Crippen molar-refractivity contribution in [2.45, 2.75) is 18.2 Å². The monoisotopic (exact) mass is 346 g/mol. The molecule has 0 aromatic heterocycles. The van der Waals surface area contributed by atoms with Crippen molar-refractivity contribution >= 4 is 15.9 Å². The Hall–Kier alpha value is -2.18. The van der Waals surface area contributed by atoms with Crippen molar-refractivity contribution in [2.24, 2.45) is 0 Å². The Balaban J connectivity index is 2.23. The van der Waals surface area contributed by atoms with Crippen molar-refractivity contribution in [3.8, 4) is 0 Å². The summed E-state index contributed by atoms with van der Waals surface area (Å²) in [5, 5.41) is 2.48. The number of benzene rings is 2. The Bertz CT molecular complexity index is 772. The van der Waals surface area contributed by atoms with Crippen molar-refractivity contribution in [2.75, 3.05) is 20.1 Å². The molecule has 0 aliphatic carbocycles. The van der Waals surface area contributed by atoms with E-state index in [1.807, 2.05) is 37.3 Å². The fourth-order valence-corrected chi connectivity index (χ4v) is 3.68. The second-order valence-corrected chi connectivity index (χ2v) is 7.50. The van der Waals surface area contributed by atoms with E-state index in [0.29, 0.717) is 6.42 Å². The lowest BCUT2D eigenvalue weighted by Crippen LogP contribution is -2.40. The van der Waals surface area contributed by atoms with Crippen molar-refractivity contribution < 1.29 is 13.2 Å². The van der Waals surface area contributed by atoms with E-state index in [1.54, 1.807) is 24.3 Å². The number of carbonyl (C=O) groups excluding carboxylic acids is 1. The normalized spacial score (nSPS) is 11.5. The molecule has 2 rings (SSSR count). The van der Waals surface area contributed by atoms with Crippen LogP contribution in [0.4, 0.5) is 0 Å². The molecule has 0 saturated heterocycles. The van der Waals surface area contributed by atoms with Crippen LogP contribution < -0.4 is 5.32 Å². The predicted molar refractivity (Wildman–Crippen MR) is 94.2 cm³/mol. The second-order valence-electron chi connectivity index (χ2n) is 5.56. The first-order chi connectivity index (χ1) is 11.4. The number of carbonyl (C=O) groups is 1. The molecule has 0 fully saturated rings. The van der Waals surface area contributed by atoms with Gasteiger partial charge in [0.05, 0.1) is 11.4 Å². The summed E-state index contributed by atoms with van der Waals surface area (Å²) in [4.78, 5) is 11.9. The van der Waals surface area contributed by atoms with E-state index < -0.39 is 10.0 Å². The molecule has 0 saturated carbocycles. The van der Waals surface area contributed by atoms with Gasteiger partial charge < -0.3 is 5.32 Å². The number of amides is 1. The summed E-state index contributed by atoms with van der Waals surface area (Å²) in [5.41, 5.74) is 2.01. The van der Waals surface area contributed by atoms with Gasteiger partial charge in [-0.1, -0.05) is 48.0 Å². The van der Waals surface area contributed by atoms with Crippen LogP contribution in [0.5, 0.6) is 0 Å². The lowest BCUT2D eigenvalue weighted by molar-refractivity contribution is -0.120. The van der Waals surface area contributed by atoms with Crippen LogP contribution in [-0.4, -0.2) is 38.8 Å². The Morgan fingerprint density at radius 3 is 2.25 bits per heavy atom. The molecule has 24 heavy (non-hydrogen) atoms. The van der Waals surface area contributed by atoms with E-state index in [0.717, 1.165) is 11.1 Å². The average Bonchev–Trinajstić information content (AvgIpc) is 2.59. The van der Waals surface area contributed by atoms with Crippen molar-refractivity contribution in [3.63, 3.8) is 0 Å². The number of hydrogen-bond donors (Lipinski definition) is 1. The molecule has 2 aromatic rings. The van der Waals surface area contributed by atoms with Crippen LogP contribution >= 0.6 is 0 Å². The molecule has 0 atom stereocenters. The van der Waals surface area contributed by atoms with E-state index in [-0.39, 0.29) is 23.9 Å². The van der Waals surface area contributed by atoms with Gasteiger partial charge in [0.15, 0.2) is 0 Å². The second kappa shape index (κ2) is 8.08. The Morgan fingerprint density at radius 1 is 1.04 bits per heavy atom. The molecule has 0 aliphatic heterocycles. The molecule has 0 unspecified atom stereocenters. The van der Waals surface area contributed by atoms with Crippen molar-refractivity contribution in [1.29, 1.82) is 0 Å². The van der Waals surface area contributed by atoms with E-state index in [2.05, 4.69) is 5.32 Å². The number of sulfonamides is 1. The van der Waals surface area contributed by atoms with Crippen molar-refractivity contribution in [1.82, 2.24) is 9.62 Å². The predicted octanol–water partition coefficient (Wildman–Crippen LogP) is 1.97. The van der Waals surface area contributed by atoms with Gasteiger partial charge in [-0.3, -0.25) is 4.79 Å². The first-order valence-electron chi connectivity index (χ1n) is 7.75. The molecule has 0 radical (unpaired) electrons. The lowest BCUT2D eigenvalue weighted by atomic mass is 10.1. The zero-order valence-corrected chi connectivity index (χ0v) is 14.7. The first-order valence-corrected chi connectivity index (χ1v) is 9.19. The van der Waals surface area contributed by atoms with Gasteiger partial charge in [0.2, 0.25) is 15.9 Å². The summed E-state index contributed by atoms with van der Waals surface area (Å²) in [7, 11) is -2.22. The van der Waals surface area contributed by atoms with Crippen LogP contribution in [0.15, 0.2) is 59.5 Å². The summed E-state index contributed by atoms with van der Waals surface area (Å²) in [6.45, 7) is 1.95. The zero-order valence-electron chi connectivity index (χ0n) is 13.9. The smallest absolute Gasteiger partial charge is 0.243 e. The number of nitrogens with one attached hydrogen (secondary N) is 1. The minimum atomic E-state index is -3.72. The molecule has 1 amide bonds. The average molecular weight is 346 g/mol. The quantitative estimate of drug-likeness (QED) is 0.833. The van der Waals surface area contributed by atoms with Gasteiger partial charge in [-0.2, -0.15) is 4.31 Å². The van der Waals surface area contributed by atoms with Crippen LogP contribution in [0, 0.1) is 6.92 Å². The summed E-state index contributed by atoms with van der Waals surface area (Å²) in [6, 6.07) is 16.3. The fraction of sp³-hybridized carbons (Fsp3) is 0.278. The SMILES string of the molecule is CNC(=O)CN(CCc1ccccc1)S(=O)(=O)c1ccc(C)cc1. The molecule has 5 nitrogen and oxygen atoms in total. The van der Waals surface area contributed by atoms with E-state index >= 15 is 0 Å². The van der Waals surface area contributed by atoms with Gasteiger partial charge in [-0.05, 0) is 31.0 Å². The lowest BCUT2D eigenvalue weighted by Gasteiger charge is -2.21. The van der Waals surface area contributed by atoms with Gasteiger partial charge in [0, 0.05) is 13.6 Å². The number of nitrogens with zero attached hydrogens (tertiary/aromatic N) is 1. The number of likely N-dealkylation sites (N-methyl/N-ethyl adjacent to an activating group) is 1. The summed E-state index contributed by atoms with van der Waals surface area (Å²) in [5.74, 6) is -0.334. The topological polar surface area (TPSA) is 66.5 Å². The van der Waals surface area contributed by atoms with E-state index in [1.165, 1.54) is 11.4 Å². The minimum absolute atomic E-state index is 0.195. The third-order valence-electron chi connectivity index (χ3n) is 3.75. The number of hydrogen-bond acceptors (Lipinski definition) is 3. The first kappa shape index (κ1) is 18.2. The van der Waals surface area contributed by atoms with E-state index in [4.69, 9.17) is 0 Å². The van der Waals surface area contributed by atoms with Gasteiger partial charge in [0.1, 0.15) is 0 Å². The largest absolute Gasteiger partial charge is 0.358 e.